The second-order valence-corrected chi connectivity index (χ2v) is 4.40. The lowest BCUT2D eigenvalue weighted by Crippen LogP contribution is -2.46. The quantitative estimate of drug-likeness (QED) is 0.716. The van der Waals surface area contributed by atoms with Crippen molar-refractivity contribution in [3.63, 3.8) is 0 Å². The molecule has 1 saturated carbocycles. The maximum absolute atomic E-state index is 12.1. The highest BCUT2D eigenvalue weighted by atomic mass is 16.5. The minimum absolute atomic E-state index is 0.0717. The standard InChI is InChI=1S/C11H20N2O2/c1-15-8-7-13(9-4-5-9)11(14)10-3-2-6-12-10/h9-10,12H,2-8H2,1H3. The zero-order valence-electron chi connectivity index (χ0n) is 9.37. The third-order valence-corrected chi connectivity index (χ3v) is 3.17. The summed E-state index contributed by atoms with van der Waals surface area (Å²) in [6.07, 6.45) is 4.46. The van der Waals surface area contributed by atoms with Crippen LogP contribution in [0.2, 0.25) is 0 Å². The molecule has 2 rings (SSSR count). The molecule has 2 fully saturated rings. The van der Waals surface area contributed by atoms with E-state index in [1.54, 1.807) is 7.11 Å². The largest absolute Gasteiger partial charge is 0.383 e. The smallest absolute Gasteiger partial charge is 0.240 e. The summed E-state index contributed by atoms with van der Waals surface area (Å²) in [5, 5.41) is 3.26. The number of rotatable bonds is 5. The van der Waals surface area contributed by atoms with Gasteiger partial charge in [0.25, 0.3) is 0 Å². The van der Waals surface area contributed by atoms with Gasteiger partial charge in [0, 0.05) is 19.7 Å². The summed E-state index contributed by atoms with van der Waals surface area (Å²) in [6, 6.07) is 0.567. The molecular formula is C11H20N2O2. The molecule has 0 aromatic heterocycles. The molecule has 0 bridgehead atoms. The van der Waals surface area contributed by atoms with Gasteiger partial charge in [-0.2, -0.15) is 0 Å². The second-order valence-electron chi connectivity index (χ2n) is 4.40. The Labute approximate surface area is 91.0 Å². The number of ether oxygens (including phenoxy) is 1. The summed E-state index contributed by atoms with van der Waals surface area (Å²) < 4.78 is 5.05. The number of amides is 1. The molecule has 0 radical (unpaired) electrons. The van der Waals surface area contributed by atoms with Gasteiger partial charge in [-0.3, -0.25) is 4.79 Å². The van der Waals surface area contributed by atoms with E-state index in [1.165, 1.54) is 12.8 Å². The Morgan fingerprint density at radius 1 is 1.47 bits per heavy atom. The maximum Gasteiger partial charge on any atom is 0.240 e. The molecule has 4 heteroatoms. The average molecular weight is 212 g/mol. The highest BCUT2D eigenvalue weighted by Gasteiger charge is 2.36. The average Bonchev–Trinajstić information content (AvgIpc) is 2.94. The van der Waals surface area contributed by atoms with Crippen molar-refractivity contribution >= 4 is 5.91 Å². The molecule has 1 aliphatic heterocycles. The number of nitrogens with zero attached hydrogens (tertiary/aromatic N) is 1. The molecule has 0 aromatic rings. The van der Waals surface area contributed by atoms with Gasteiger partial charge in [-0.25, -0.2) is 0 Å². The predicted molar refractivity (Wildman–Crippen MR) is 57.6 cm³/mol. The third kappa shape index (κ3) is 2.69. The van der Waals surface area contributed by atoms with Gasteiger partial charge in [0.05, 0.1) is 12.6 Å². The summed E-state index contributed by atoms with van der Waals surface area (Å²) in [5.74, 6) is 0.284. The Bertz CT molecular complexity index is 223. The first-order valence-corrected chi connectivity index (χ1v) is 5.85. The first kappa shape index (κ1) is 10.9. The first-order valence-electron chi connectivity index (χ1n) is 5.85. The van der Waals surface area contributed by atoms with E-state index in [0.717, 1.165) is 25.9 Å². The molecular weight excluding hydrogens is 192 g/mol. The van der Waals surface area contributed by atoms with Crippen molar-refractivity contribution in [3.05, 3.63) is 0 Å². The first-order chi connectivity index (χ1) is 7.33. The zero-order valence-corrected chi connectivity index (χ0v) is 9.37. The van der Waals surface area contributed by atoms with E-state index in [2.05, 4.69) is 5.32 Å². The van der Waals surface area contributed by atoms with E-state index in [4.69, 9.17) is 4.74 Å². The number of methoxy groups -OCH3 is 1. The van der Waals surface area contributed by atoms with Crippen LogP contribution in [0.4, 0.5) is 0 Å². The Morgan fingerprint density at radius 2 is 2.27 bits per heavy atom. The van der Waals surface area contributed by atoms with Gasteiger partial charge in [0.1, 0.15) is 0 Å². The van der Waals surface area contributed by atoms with Gasteiger partial charge in [-0.05, 0) is 32.2 Å². The van der Waals surface area contributed by atoms with Crippen LogP contribution < -0.4 is 5.32 Å². The van der Waals surface area contributed by atoms with Crippen LogP contribution in [0.3, 0.4) is 0 Å². The molecule has 4 nitrogen and oxygen atoms in total. The molecule has 1 heterocycles. The monoisotopic (exact) mass is 212 g/mol. The second kappa shape index (κ2) is 4.94. The number of carbonyl (C=O) groups excluding carboxylic acids is 1. The molecule has 15 heavy (non-hydrogen) atoms. The Balaban J connectivity index is 1.87. The van der Waals surface area contributed by atoms with Gasteiger partial charge < -0.3 is 15.0 Å². The summed E-state index contributed by atoms with van der Waals surface area (Å²) >= 11 is 0. The molecule has 1 N–H and O–H groups in total. The highest BCUT2D eigenvalue weighted by Crippen LogP contribution is 2.27. The Morgan fingerprint density at radius 3 is 2.80 bits per heavy atom. The summed E-state index contributed by atoms with van der Waals surface area (Å²) in [5.41, 5.74) is 0. The van der Waals surface area contributed by atoms with E-state index in [9.17, 15) is 4.79 Å². The lowest BCUT2D eigenvalue weighted by Gasteiger charge is -2.25. The highest BCUT2D eigenvalue weighted by molar-refractivity contribution is 5.82. The lowest BCUT2D eigenvalue weighted by molar-refractivity contribution is -0.134. The Kier molecular flexibility index (Phi) is 3.59. The molecule has 1 saturated heterocycles. The van der Waals surface area contributed by atoms with Gasteiger partial charge in [0.15, 0.2) is 0 Å². The van der Waals surface area contributed by atoms with Crippen LogP contribution in [0.5, 0.6) is 0 Å². The molecule has 2 aliphatic rings. The SMILES string of the molecule is COCCN(C(=O)C1CCCN1)C1CC1. The van der Waals surface area contributed by atoms with E-state index < -0.39 is 0 Å². The molecule has 1 unspecified atom stereocenters. The van der Waals surface area contributed by atoms with Gasteiger partial charge in [-0.15, -0.1) is 0 Å². The van der Waals surface area contributed by atoms with Crippen molar-refractivity contribution in [3.8, 4) is 0 Å². The van der Waals surface area contributed by atoms with E-state index in [1.807, 2.05) is 4.90 Å². The summed E-state index contributed by atoms with van der Waals surface area (Å²) in [4.78, 5) is 14.1. The van der Waals surface area contributed by atoms with Gasteiger partial charge >= 0.3 is 0 Å². The third-order valence-electron chi connectivity index (χ3n) is 3.17. The molecule has 0 aromatic carbocycles. The fourth-order valence-corrected chi connectivity index (χ4v) is 2.14. The van der Waals surface area contributed by atoms with Crippen molar-refractivity contribution < 1.29 is 9.53 Å². The van der Waals surface area contributed by atoms with E-state index in [-0.39, 0.29) is 11.9 Å². The van der Waals surface area contributed by atoms with Crippen LogP contribution in [-0.4, -0.2) is 49.7 Å². The van der Waals surface area contributed by atoms with Gasteiger partial charge in [-0.1, -0.05) is 0 Å². The number of carbonyl (C=O) groups is 1. The summed E-state index contributed by atoms with van der Waals surface area (Å²) in [6.45, 7) is 2.38. The van der Waals surface area contributed by atoms with Crippen LogP contribution >= 0.6 is 0 Å². The van der Waals surface area contributed by atoms with Gasteiger partial charge in [0.2, 0.25) is 5.91 Å². The van der Waals surface area contributed by atoms with Crippen molar-refractivity contribution in [2.24, 2.45) is 0 Å². The van der Waals surface area contributed by atoms with Crippen molar-refractivity contribution in [1.29, 1.82) is 0 Å². The number of hydrogen-bond acceptors (Lipinski definition) is 3. The number of nitrogens with one attached hydrogen (secondary N) is 1. The number of hydrogen-bond donors (Lipinski definition) is 1. The van der Waals surface area contributed by atoms with Crippen LogP contribution in [0.25, 0.3) is 0 Å². The molecule has 1 amide bonds. The zero-order chi connectivity index (χ0) is 10.7. The fourth-order valence-electron chi connectivity index (χ4n) is 2.14. The van der Waals surface area contributed by atoms with Crippen LogP contribution in [-0.2, 0) is 9.53 Å². The summed E-state index contributed by atoms with van der Waals surface area (Å²) in [7, 11) is 1.68. The van der Waals surface area contributed by atoms with Crippen LogP contribution in [0.15, 0.2) is 0 Å². The molecule has 0 spiro atoms. The maximum atomic E-state index is 12.1. The molecule has 1 aliphatic carbocycles. The minimum atomic E-state index is 0.0717. The van der Waals surface area contributed by atoms with Crippen LogP contribution in [0, 0.1) is 0 Å². The fraction of sp³-hybridized carbons (Fsp3) is 0.909. The van der Waals surface area contributed by atoms with E-state index in [0.29, 0.717) is 12.6 Å². The minimum Gasteiger partial charge on any atom is -0.383 e. The normalized spacial score (nSPS) is 25.5. The molecule has 1 atom stereocenters. The lowest BCUT2D eigenvalue weighted by atomic mass is 10.2. The molecule has 86 valence electrons. The predicted octanol–water partition coefficient (Wildman–Crippen LogP) is 0.376. The van der Waals surface area contributed by atoms with Crippen molar-refractivity contribution in [2.75, 3.05) is 26.8 Å². The topological polar surface area (TPSA) is 41.6 Å². The van der Waals surface area contributed by atoms with Crippen molar-refractivity contribution in [2.45, 2.75) is 37.8 Å². The van der Waals surface area contributed by atoms with E-state index >= 15 is 0 Å². The van der Waals surface area contributed by atoms with Crippen molar-refractivity contribution in [1.82, 2.24) is 10.2 Å². The van der Waals surface area contributed by atoms with Crippen LogP contribution in [0.1, 0.15) is 25.7 Å². The Hall–Kier alpha value is -0.610.